The predicted molar refractivity (Wildman–Crippen MR) is 57.6 cm³/mol. The van der Waals surface area contributed by atoms with Crippen molar-refractivity contribution in [2.24, 2.45) is 0 Å². The van der Waals surface area contributed by atoms with Crippen LogP contribution in [0.5, 0.6) is 5.75 Å². The minimum absolute atomic E-state index is 0.0922. The Balaban J connectivity index is 2.86. The molecule has 0 aromatic carbocycles. The third-order valence-electron chi connectivity index (χ3n) is 2.30. The number of rotatable bonds is 3. The van der Waals surface area contributed by atoms with Gasteiger partial charge in [-0.25, -0.2) is 0 Å². The summed E-state index contributed by atoms with van der Waals surface area (Å²) in [5, 5.41) is 17.0. The average Bonchev–Trinajstić information content (AvgIpc) is 2.42. The molecule has 0 saturated carbocycles. The zero-order valence-corrected chi connectivity index (χ0v) is 9.52. The molecule has 1 heterocycles. The molecular formula is C11H20N2O. The number of aryl methyl sites for hydroxylation is 1. The fourth-order valence-corrected chi connectivity index (χ4v) is 1.42. The summed E-state index contributed by atoms with van der Waals surface area (Å²) in [4.78, 5) is 0. The van der Waals surface area contributed by atoms with Crippen LogP contribution in [0, 0.1) is 0 Å². The van der Waals surface area contributed by atoms with Crippen molar-refractivity contribution in [1.29, 1.82) is 0 Å². The first-order valence-electron chi connectivity index (χ1n) is 5.23. The van der Waals surface area contributed by atoms with Gasteiger partial charge in [0.15, 0.2) is 5.75 Å². The SMILES string of the molecule is CCCCc1[nH]nc(C(C)(C)C)c1O. The van der Waals surface area contributed by atoms with E-state index >= 15 is 0 Å². The Morgan fingerprint density at radius 2 is 2.00 bits per heavy atom. The van der Waals surface area contributed by atoms with E-state index in [9.17, 15) is 5.11 Å². The summed E-state index contributed by atoms with van der Waals surface area (Å²) < 4.78 is 0. The largest absolute Gasteiger partial charge is 0.504 e. The lowest BCUT2D eigenvalue weighted by atomic mass is 9.91. The Hall–Kier alpha value is -0.990. The highest BCUT2D eigenvalue weighted by atomic mass is 16.3. The number of nitrogens with one attached hydrogen (secondary N) is 1. The lowest BCUT2D eigenvalue weighted by molar-refractivity contribution is 0.438. The molecule has 0 aliphatic carbocycles. The van der Waals surface area contributed by atoms with Gasteiger partial charge in [-0.15, -0.1) is 0 Å². The summed E-state index contributed by atoms with van der Waals surface area (Å²) in [6, 6.07) is 0. The molecule has 0 atom stereocenters. The molecule has 0 spiro atoms. The Labute approximate surface area is 85.5 Å². The van der Waals surface area contributed by atoms with Crippen LogP contribution < -0.4 is 0 Å². The van der Waals surface area contributed by atoms with Crippen LogP contribution in [0.2, 0.25) is 0 Å². The molecule has 0 saturated heterocycles. The first-order chi connectivity index (χ1) is 6.46. The van der Waals surface area contributed by atoms with Crippen LogP contribution in [0.15, 0.2) is 0 Å². The quantitative estimate of drug-likeness (QED) is 0.781. The van der Waals surface area contributed by atoms with Crippen LogP contribution in [0.4, 0.5) is 0 Å². The Kier molecular flexibility index (Phi) is 3.19. The minimum Gasteiger partial charge on any atom is -0.504 e. The van der Waals surface area contributed by atoms with E-state index in [4.69, 9.17) is 0 Å². The number of unbranched alkanes of at least 4 members (excludes halogenated alkanes) is 1. The topological polar surface area (TPSA) is 48.9 Å². The molecule has 0 unspecified atom stereocenters. The fraction of sp³-hybridized carbons (Fsp3) is 0.727. The molecule has 1 aromatic heterocycles. The highest BCUT2D eigenvalue weighted by Gasteiger charge is 2.23. The van der Waals surface area contributed by atoms with Crippen molar-refractivity contribution in [3.8, 4) is 5.75 Å². The molecule has 0 bridgehead atoms. The van der Waals surface area contributed by atoms with Crippen LogP contribution in [0.1, 0.15) is 51.9 Å². The van der Waals surface area contributed by atoms with Gasteiger partial charge in [0, 0.05) is 5.41 Å². The molecule has 1 aromatic rings. The van der Waals surface area contributed by atoms with Crippen molar-refractivity contribution >= 4 is 0 Å². The second-order valence-electron chi connectivity index (χ2n) is 4.75. The summed E-state index contributed by atoms with van der Waals surface area (Å²) in [5.41, 5.74) is 1.55. The smallest absolute Gasteiger partial charge is 0.160 e. The Morgan fingerprint density at radius 3 is 2.43 bits per heavy atom. The maximum Gasteiger partial charge on any atom is 0.160 e. The summed E-state index contributed by atoms with van der Waals surface area (Å²) in [5.74, 6) is 0.353. The summed E-state index contributed by atoms with van der Waals surface area (Å²) in [6.45, 7) is 8.28. The highest BCUT2D eigenvalue weighted by molar-refractivity contribution is 5.35. The van der Waals surface area contributed by atoms with Crippen LogP contribution in [0.3, 0.4) is 0 Å². The summed E-state index contributed by atoms with van der Waals surface area (Å²) in [7, 11) is 0. The molecule has 2 N–H and O–H groups in total. The lowest BCUT2D eigenvalue weighted by Gasteiger charge is -2.14. The second kappa shape index (κ2) is 4.03. The van der Waals surface area contributed by atoms with Gasteiger partial charge in [0.25, 0.3) is 0 Å². The van der Waals surface area contributed by atoms with E-state index in [1.165, 1.54) is 0 Å². The van der Waals surface area contributed by atoms with Crippen molar-refractivity contribution < 1.29 is 5.11 Å². The number of H-pyrrole nitrogens is 1. The predicted octanol–water partition coefficient (Wildman–Crippen LogP) is 2.76. The van der Waals surface area contributed by atoms with Gasteiger partial charge in [0.2, 0.25) is 0 Å². The van der Waals surface area contributed by atoms with Crippen LogP contribution in [-0.2, 0) is 11.8 Å². The molecule has 3 heteroatoms. The maximum atomic E-state index is 9.90. The lowest BCUT2D eigenvalue weighted by Crippen LogP contribution is -2.11. The molecule has 0 amide bonds. The standard InChI is InChI=1S/C11H20N2O/c1-5-6-7-8-9(14)10(13-12-8)11(2,3)4/h14H,5-7H2,1-4H3,(H,12,13). The fourth-order valence-electron chi connectivity index (χ4n) is 1.42. The minimum atomic E-state index is -0.0922. The average molecular weight is 196 g/mol. The van der Waals surface area contributed by atoms with Crippen molar-refractivity contribution in [3.63, 3.8) is 0 Å². The first-order valence-corrected chi connectivity index (χ1v) is 5.23. The van der Waals surface area contributed by atoms with E-state index in [1.54, 1.807) is 0 Å². The van der Waals surface area contributed by atoms with E-state index in [0.717, 1.165) is 30.7 Å². The van der Waals surface area contributed by atoms with Crippen LogP contribution in [-0.4, -0.2) is 15.3 Å². The number of aromatic nitrogens is 2. The van der Waals surface area contributed by atoms with E-state index in [0.29, 0.717) is 5.75 Å². The van der Waals surface area contributed by atoms with E-state index < -0.39 is 0 Å². The molecule has 0 fully saturated rings. The number of aromatic amines is 1. The van der Waals surface area contributed by atoms with Crippen molar-refractivity contribution in [2.75, 3.05) is 0 Å². The van der Waals surface area contributed by atoms with Gasteiger partial charge in [-0.1, -0.05) is 34.1 Å². The van der Waals surface area contributed by atoms with Crippen LogP contribution in [0.25, 0.3) is 0 Å². The van der Waals surface area contributed by atoms with Gasteiger partial charge in [-0.3, -0.25) is 5.10 Å². The van der Waals surface area contributed by atoms with Gasteiger partial charge >= 0.3 is 0 Å². The third-order valence-corrected chi connectivity index (χ3v) is 2.30. The molecule has 1 rings (SSSR count). The van der Waals surface area contributed by atoms with Crippen molar-refractivity contribution in [2.45, 2.75) is 52.4 Å². The Morgan fingerprint density at radius 1 is 1.36 bits per heavy atom. The number of hydrogen-bond acceptors (Lipinski definition) is 2. The third kappa shape index (κ3) is 2.28. The van der Waals surface area contributed by atoms with Gasteiger partial charge < -0.3 is 5.11 Å². The normalized spacial score (nSPS) is 12.0. The van der Waals surface area contributed by atoms with Gasteiger partial charge in [0.1, 0.15) is 5.69 Å². The molecule has 0 aliphatic heterocycles. The van der Waals surface area contributed by atoms with Gasteiger partial charge in [0.05, 0.1) is 5.69 Å². The molecule has 14 heavy (non-hydrogen) atoms. The van der Waals surface area contributed by atoms with E-state index in [-0.39, 0.29) is 5.41 Å². The first kappa shape index (κ1) is 11.1. The molecule has 3 nitrogen and oxygen atoms in total. The summed E-state index contributed by atoms with van der Waals surface area (Å²) in [6.07, 6.45) is 3.09. The van der Waals surface area contributed by atoms with Crippen molar-refractivity contribution in [3.05, 3.63) is 11.4 Å². The monoisotopic (exact) mass is 196 g/mol. The molecule has 80 valence electrons. The van der Waals surface area contributed by atoms with Gasteiger partial charge in [-0.2, -0.15) is 5.10 Å². The van der Waals surface area contributed by atoms with Crippen molar-refractivity contribution in [1.82, 2.24) is 10.2 Å². The van der Waals surface area contributed by atoms with Crippen LogP contribution >= 0.6 is 0 Å². The second-order valence-corrected chi connectivity index (χ2v) is 4.75. The maximum absolute atomic E-state index is 9.90. The number of aromatic hydroxyl groups is 1. The summed E-state index contributed by atoms with van der Waals surface area (Å²) >= 11 is 0. The number of nitrogens with zero attached hydrogens (tertiary/aromatic N) is 1. The zero-order valence-electron chi connectivity index (χ0n) is 9.52. The van der Waals surface area contributed by atoms with Gasteiger partial charge in [-0.05, 0) is 12.8 Å². The molecule has 0 aliphatic rings. The molecule has 0 radical (unpaired) electrons. The zero-order chi connectivity index (χ0) is 10.8. The van der Waals surface area contributed by atoms with E-state index in [1.807, 2.05) is 20.8 Å². The highest BCUT2D eigenvalue weighted by Crippen LogP contribution is 2.31. The number of hydrogen-bond donors (Lipinski definition) is 2. The van der Waals surface area contributed by atoms with E-state index in [2.05, 4.69) is 17.1 Å². The molecular weight excluding hydrogens is 176 g/mol. The Bertz CT molecular complexity index is 297.